The molecule has 188 valence electrons. The van der Waals surface area contributed by atoms with E-state index in [9.17, 15) is 32.3 Å². The van der Waals surface area contributed by atoms with Crippen molar-refractivity contribution in [3.63, 3.8) is 0 Å². The van der Waals surface area contributed by atoms with Crippen molar-refractivity contribution in [3.8, 4) is 11.5 Å². The van der Waals surface area contributed by atoms with E-state index in [1.807, 2.05) is 0 Å². The molecule has 2 atom stereocenters. The molecule has 1 saturated carbocycles. The molecule has 2 aliphatic rings. The van der Waals surface area contributed by atoms with Crippen molar-refractivity contribution in [3.05, 3.63) is 59.2 Å². The number of benzene rings is 2. The quantitative estimate of drug-likeness (QED) is 0.499. The van der Waals surface area contributed by atoms with Crippen molar-refractivity contribution in [2.24, 2.45) is 5.92 Å². The summed E-state index contributed by atoms with van der Waals surface area (Å²) < 4.78 is 62.8. The maximum Gasteiger partial charge on any atom is 0.387 e. The lowest BCUT2D eigenvalue weighted by atomic mass is 9.96. The van der Waals surface area contributed by atoms with Crippen LogP contribution in [-0.4, -0.2) is 47.8 Å². The topological polar surface area (TPSA) is 88.1 Å². The maximum atomic E-state index is 13.9. The minimum absolute atomic E-state index is 0.0335. The fourth-order valence-electron chi connectivity index (χ4n) is 4.05. The van der Waals surface area contributed by atoms with Gasteiger partial charge in [0, 0.05) is 30.6 Å². The summed E-state index contributed by atoms with van der Waals surface area (Å²) in [5, 5.41) is 12.1. The highest BCUT2D eigenvalue weighted by Gasteiger charge is 2.40. The highest BCUT2D eigenvalue weighted by Crippen LogP contribution is 2.39. The summed E-state index contributed by atoms with van der Waals surface area (Å²) in [6.45, 7) is -2.89. The molecule has 1 aliphatic carbocycles. The number of ether oxygens (including phenoxy) is 2. The number of amides is 2. The van der Waals surface area contributed by atoms with Crippen LogP contribution >= 0.6 is 0 Å². The monoisotopic (exact) mass is 496 g/mol. The Labute approximate surface area is 198 Å². The van der Waals surface area contributed by atoms with Crippen LogP contribution in [0.25, 0.3) is 0 Å². The Morgan fingerprint density at radius 1 is 1.11 bits per heavy atom. The van der Waals surface area contributed by atoms with Crippen molar-refractivity contribution < 1.29 is 41.7 Å². The van der Waals surface area contributed by atoms with Gasteiger partial charge in [0.15, 0.2) is 11.5 Å². The second-order valence-corrected chi connectivity index (χ2v) is 8.67. The standard InChI is InChI=1S/C24H24F4N2O5/c25-17-5-3-15(18(26)9-17)10-29-24(33)30-11-16(7-19(30)22(31)32)14-4-6-20(35-23(27)28)21(8-14)34-12-13-1-2-13/h3-6,8-9,13,16,19,23H,1-2,7,10-12H2,(H,29,33)(H,31,32)/t16?,19-/m0/s1. The molecule has 0 bridgehead atoms. The third kappa shape index (κ3) is 6.14. The first kappa shape index (κ1) is 24.6. The summed E-state index contributed by atoms with van der Waals surface area (Å²) >= 11 is 0. The van der Waals surface area contributed by atoms with Gasteiger partial charge in [0.2, 0.25) is 0 Å². The van der Waals surface area contributed by atoms with Crippen molar-refractivity contribution in [2.75, 3.05) is 13.2 Å². The first-order valence-corrected chi connectivity index (χ1v) is 11.1. The van der Waals surface area contributed by atoms with Crippen molar-refractivity contribution in [1.29, 1.82) is 0 Å². The predicted molar refractivity (Wildman–Crippen MR) is 115 cm³/mol. The second kappa shape index (κ2) is 10.4. The van der Waals surface area contributed by atoms with E-state index in [1.165, 1.54) is 12.1 Å². The molecule has 0 radical (unpaired) electrons. The zero-order chi connectivity index (χ0) is 25.1. The minimum atomic E-state index is -3.03. The summed E-state index contributed by atoms with van der Waals surface area (Å²) in [5.74, 6) is -2.82. The van der Waals surface area contributed by atoms with Gasteiger partial charge in [0.1, 0.15) is 17.7 Å². The number of aliphatic carboxylic acids is 1. The van der Waals surface area contributed by atoms with E-state index in [-0.39, 0.29) is 36.6 Å². The first-order valence-electron chi connectivity index (χ1n) is 11.1. The van der Waals surface area contributed by atoms with Gasteiger partial charge in [-0.25, -0.2) is 18.4 Å². The molecule has 11 heteroatoms. The van der Waals surface area contributed by atoms with Crippen LogP contribution in [-0.2, 0) is 11.3 Å². The van der Waals surface area contributed by atoms with Crippen molar-refractivity contribution in [2.45, 2.75) is 44.4 Å². The van der Waals surface area contributed by atoms with E-state index in [0.717, 1.165) is 23.8 Å². The van der Waals surface area contributed by atoms with E-state index >= 15 is 0 Å². The molecule has 4 rings (SSSR count). The normalized spacial score (nSPS) is 19.6. The number of rotatable bonds is 9. The molecule has 2 N–H and O–H groups in total. The SMILES string of the molecule is O=C(O)[C@@H]1CC(c2ccc(OC(F)F)c(OCC3CC3)c2)CN1C(=O)NCc1ccc(F)cc1F. The molecule has 2 amide bonds. The number of alkyl halides is 2. The van der Waals surface area contributed by atoms with Crippen LogP contribution in [0.5, 0.6) is 11.5 Å². The number of nitrogens with zero attached hydrogens (tertiary/aromatic N) is 1. The number of halogens is 4. The van der Waals surface area contributed by atoms with E-state index in [2.05, 4.69) is 10.1 Å². The average Bonchev–Trinajstić information content (AvgIpc) is 3.52. The molecule has 1 unspecified atom stereocenters. The van der Waals surface area contributed by atoms with E-state index in [4.69, 9.17) is 4.74 Å². The number of hydrogen-bond donors (Lipinski definition) is 2. The number of urea groups is 1. The molecule has 2 fully saturated rings. The first-order chi connectivity index (χ1) is 16.7. The van der Waals surface area contributed by atoms with Crippen LogP contribution in [0.15, 0.2) is 36.4 Å². The number of carbonyl (C=O) groups is 2. The zero-order valence-corrected chi connectivity index (χ0v) is 18.6. The number of carboxylic acid groups (broad SMARTS) is 1. The van der Waals surface area contributed by atoms with Crippen LogP contribution in [0.1, 0.15) is 36.3 Å². The third-order valence-corrected chi connectivity index (χ3v) is 6.12. The van der Waals surface area contributed by atoms with Gasteiger partial charge in [-0.1, -0.05) is 12.1 Å². The van der Waals surface area contributed by atoms with Gasteiger partial charge in [0.25, 0.3) is 0 Å². The van der Waals surface area contributed by atoms with Crippen LogP contribution in [0.3, 0.4) is 0 Å². The van der Waals surface area contributed by atoms with Gasteiger partial charge in [-0.05, 0) is 48.9 Å². The fourth-order valence-corrected chi connectivity index (χ4v) is 4.05. The molecule has 1 saturated heterocycles. The largest absolute Gasteiger partial charge is 0.489 e. The van der Waals surface area contributed by atoms with Crippen LogP contribution in [0.2, 0.25) is 0 Å². The Morgan fingerprint density at radius 2 is 1.89 bits per heavy atom. The highest BCUT2D eigenvalue weighted by molar-refractivity contribution is 5.83. The Hall–Kier alpha value is -3.50. The number of likely N-dealkylation sites (tertiary alicyclic amines) is 1. The highest BCUT2D eigenvalue weighted by atomic mass is 19.3. The molecule has 2 aromatic rings. The zero-order valence-electron chi connectivity index (χ0n) is 18.6. The van der Waals surface area contributed by atoms with Crippen LogP contribution < -0.4 is 14.8 Å². The van der Waals surface area contributed by atoms with Crippen LogP contribution in [0.4, 0.5) is 22.4 Å². The van der Waals surface area contributed by atoms with Gasteiger partial charge in [0.05, 0.1) is 6.61 Å². The van der Waals surface area contributed by atoms with Crippen LogP contribution in [0, 0.1) is 17.6 Å². The number of hydrogen-bond acceptors (Lipinski definition) is 4. The van der Waals surface area contributed by atoms with E-state index in [1.54, 1.807) is 12.1 Å². The minimum Gasteiger partial charge on any atom is -0.489 e. The molecule has 7 nitrogen and oxygen atoms in total. The maximum absolute atomic E-state index is 13.9. The van der Waals surface area contributed by atoms with Gasteiger partial charge in [-0.3, -0.25) is 0 Å². The predicted octanol–water partition coefficient (Wildman–Crippen LogP) is 4.51. The molecule has 2 aromatic carbocycles. The molecule has 0 spiro atoms. The molecule has 35 heavy (non-hydrogen) atoms. The van der Waals surface area contributed by atoms with Gasteiger partial charge in [-0.15, -0.1) is 0 Å². The Kier molecular flexibility index (Phi) is 7.32. The van der Waals surface area contributed by atoms with Gasteiger partial charge >= 0.3 is 18.6 Å². The molecule has 1 aliphatic heterocycles. The Balaban J connectivity index is 1.47. The third-order valence-electron chi connectivity index (χ3n) is 6.12. The lowest BCUT2D eigenvalue weighted by molar-refractivity contribution is -0.141. The lowest BCUT2D eigenvalue weighted by Gasteiger charge is -2.22. The molecule has 1 heterocycles. The summed E-state index contributed by atoms with van der Waals surface area (Å²) in [5.41, 5.74) is 0.665. The Morgan fingerprint density at radius 3 is 2.54 bits per heavy atom. The second-order valence-electron chi connectivity index (χ2n) is 8.67. The smallest absolute Gasteiger partial charge is 0.387 e. The van der Waals surface area contributed by atoms with Crippen molar-refractivity contribution in [1.82, 2.24) is 10.2 Å². The Bertz CT molecular complexity index is 1100. The van der Waals surface area contributed by atoms with E-state index < -0.39 is 42.2 Å². The summed E-state index contributed by atoms with van der Waals surface area (Å²) in [6.07, 6.45) is 2.09. The van der Waals surface area contributed by atoms with Gasteiger partial charge in [-0.2, -0.15) is 8.78 Å². The summed E-state index contributed by atoms with van der Waals surface area (Å²) in [7, 11) is 0. The number of nitrogens with one attached hydrogen (secondary N) is 1. The number of carbonyl (C=O) groups excluding carboxylic acids is 1. The number of carboxylic acids is 1. The van der Waals surface area contributed by atoms with Crippen molar-refractivity contribution >= 4 is 12.0 Å². The summed E-state index contributed by atoms with van der Waals surface area (Å²) in [6, 6.07) is 5.51. The van der Waals surface area contributed by atoms with E-state index in [0.29, 0.717) is 24.2 Å². The molecular formula is C24H24F4N2O5. The fraction of sp³-hybridized carbons (Fsp3) is 0.417. The molecule has 0 aromatic heterocycles. The van der Waals surface area contributed by atoms with Gasteiger partial charge < -0.3 is 24.8 Å². The molecular weight excluding hydrogens is 472 g/mol. The summed E-state index contributed by atoms with van der Waals surface area (Å²) in [4.78, 5) is 25.7. The average molecular weight is 496 g/mol. The lowest BCUT2D eigenvalue weighted by Crippen LogP contribution is -2.45.